The molecule has 3 aromatic rings. The lowest BCUT2D eigenvalue weighted by Gasteiger charge is -2.12. The first-order valence-corrected chi connectivity index (χ1v) is 7.61. The van der Waals surface area contributed by atoms with Gasteiger partial charge in [-0.15, -0.1) is 0 Å². The zero-order valence-corrected chi connectivity index (χ0v) is 13.4. The molecule has 2 N–H and O–H groups in total. The van der Waals surface area contributed by atoms with Gasteiger partial charge in [0.1, 0.15) is 5.82 Å². The minimum absolute atomic E-state index is 0.114. The Morgan fingerprint density at radius 3 is 2.35 bits per heavy atom. The lowest BCUT2D eigenvalue weighted by molar-refractivity contribution is 0.631. The normalized spacial score (nSPS) is 10.7. The molecule has 3 nitrogen and oxygen atoms in total. The molecule has 0 saturated heterocycles. The van der Waals surface area contributed by atoms with Gasteiger partial charge >= 0.3 is 0 Å². The summed E-state index contributed by atoms with van der Waals surface area (Å²) in [7, 11) is 0. The highest BCUT2D eigenvalue weighted by Crippen LogP contribution is 2.31. The van der Waals surface area contributed by atoms with Crippen LogP contribution in [0.15, 0.2) is 48.7 Å². The number of nitrogens with zero attached hydrogens (tertiary/aromatic N) is 2. The van der Waals surface area contributed by atoms with Gasteiger partial charge in [-0.05, 0) is 23.8 Å². The predicted octanol–water partition coefficient (Wildman–Crippen LogP) is 4.76. The summed E-state index contributed by atoms with van der Waals surface area (Å²) in [5, 5.41) is 1.04. The van der Waals surface area contributed by atoms with E-state index >= 15 is 0 Å². The van der Waals surface area contributed by atoms with Crippen LogP contribution in [0.5, 0.6) is 0 Å². The van der Waals surface area contributed by atoms with Crippen LogP contribution in [-0.4, -0.2) is 9.97 Å². The largest absolute Gasteiger partial charge is 0.368 e. The van der Waals surface area contributed by atoms with Crippen molar-refractivity contribution in [3.63, 3.8) is 0 Å². The highest BCUT2D eigenvalue weighted by molar-refractivity contribution is 6.36. The summed E-state index contributed by atoms with van der Waals surface area (Å²) >= 11 is 12.4. The Morgan fingerprint density at radius 2 is 1.65 bits per heavy atom. The monoisotopic (exact) mass is 347 g/mol. The van der Waals surface area contributed by atoms with Gasteiger partial charge in [0.2, 0.25) is 5.95 Å². The maximum absolute atomic E-state index is 14.1. The molecule has 116 valence electrons. The van der Waals surface area contributed by atoms with Gasteiger partial charge in [-0.1, -0.05) is 47.5 Å². The Hall–Kier alpha value is -2.17. The Balaban J connectivity index is 2.13. The van der Waals surface area contributed by atoms with Gasteiger partial charge in [-0.2, -0.15) is 0 Å². The Morgan fingerprint density at radius 1 is 0.957 bits per heavy atom. The van der Waals surface area contributed by atoms with E-state index in [9.17, 15) is 4.39 Å². The van der Waals surface area contributed by atoms with Gasteiger partial charge in [-0.25, -0.2) is 14.4 Å². The number of aromatic nitrogens is 2. The van der Waals surface area contributed by atoms with Crippen molar-refractivity contribution in [2.75, 3.05) is 5.73 Å². The molecule has 0 amide bonds. The molecule has 23 heavy (non-hydrogen) atoms. The summed E-state index contributed by atoms with van der Waals surface area (Å²) in [6.45, 7) is 0. The Bertz CT molecular complexity index is 848. The first-order valence-electron chi connectivity index (χ1n) is 6.85. The number of nitrogen functional groups attached to an aromatic ring is 1. The molecule has 0 aliphatic carbocycles. The van der Waals surface area contributed by atoms with Crippen LogP contribution in [0.1, 0.15) is 11.3 Å². The number of nitrogens with two attached hydrogens (primary N) is 1. The second-order valence-corrected chi connectivity index (χ2v) is 5.76. The van der Waals surface area contributed by atoms with E-state index in [1.54, 1.807) is 36.4 Å². The summed E-state index contributed by atoms with van der Waals surface area (Å²) < 4.78 is 14.1. The highest BCUT2D eigenvalue weighted by atomic mass is 35.5. The minimum atomic E-state index is -0.354. The molecule has 0 spiro atoms. The second-order valence-electron chi connectivity index (χ2n) is 4.95. The van der Waals surface area contributed by atoms with E-state index in [0.717, 1.165) is 0 Å². The van der Waals surface area contributed by atoms with Gasteiger partial charge in [0.15, 0.2) is 0 Å². The molecule has 0 atom stereocenters. The molecular formula is C17H12Cl2FN3. The topological polar surface area (TPSA) is 51.8 Å². The van der Waals surface area contributed by atoms with Crippen LogP contribution in [0.3, 0.4) is 0 Å². The fourth-order valence-corrected chi connectivity index (χ4v) is 2.87. The summed E-state index contributed by atoms with van der Waals surface area (Å²) in [5.74, 6) is -0.240. The van der Waals surface area contributed by atoms with Crippen molar-refractivity contribution in [2.45, 2.75) is 6.42 Å². The molecule has 0 aliphatic rings. The molecule has 0 saturated carbocycles. The van der Waals surface area contributed by atoms with Gasteiger partial charge in [0, 0.05) is 33.8 Å². The van der Waals surface area contributed by atoms with E-state index in [4.69, 9.17) is 28.9 Å². The standard InChI is InChI=1S/C17H12Cl2FN3/c18-13-5-3-6-14(19)11(13)8-16-12(9-22-17(21)23-16)10-4-1-2-7-15(10)20/h1-7,9H,8H2,(H2,21,22,23). The second kappa shape index (κ2) is 6.52. The first-order chi connectivity index (χ1) is 11.1. The molecular weight excluding hydrogens is 336 g/mol. The molecule has 0 radical (unpaired) electrons. The molecule has 0 fully saturated rings. The molecule has 0 aliphatic heterocycles. The van der Waals surface area contributed by atoms with Crippen molar-refractivity contribution in [1.82, 2.24) is 9.97 Å². The number of hydrogen-bond donors (Lipinski definition) is 1. The molecule has 0 bridgehead atoms. The third-order valence-corrected chi connectivity index (χ3v) is 4.16. The minimum Gasteiger partial charge on any atom is -0.368 e. The number of hydrogen-bond acceptors (Lipinski definition) is 3. The average molecular weight is 348 g/mol. The quantitative estimate of drug-likeness (QED) is 0.742. The van der Waals surface area contributed by atoms with E-state index in [-0.39, 0.29) is 11.8 Å². The van der Waals surface area contributed by atoms with Crippen LogP contribution in [-0.2, 0) is 6.42 Å². The van der Waals surface area contributed by atoms with Crippen molar-refractivity contribution < 1.29 is 4.39 Å². The van der Waals surface area contributed by atoms with Crippen LogP contribution in [0.2, 0.25) is 10.0 Å². The fraction of sp³-hybridized carbons (Fsp3) is 0.0588. The van der Waals surface area contributed by atoms with Crippen LogP contribution < -0.4 is 5.73 Å². The van der Waals surface area contributed by atoms with Gasteiger partial charge < -0.3 is 5.73 Å². The zero-order valence-electron chi connectivity index (χ0n) is 11.9. The fourth-order valence-electron chi connectivity index (χ4n) is 2.34. The Kier molecular flexibility index (Phi) is 4.46. The number of halogens is 3. The average Bonchev–Trinajstić information content (AvgIpc) is 2.52. The summed E-state index contributed by atoms with van der Waals surface area (Å²) in [5.41, 5.74) is 7.94. The smallest absolute Gasteiger partial charge is 0.220 e. The number of benzene rings is 2. The van der Waals surface area contributed by atoms with E-state index < -0.39 is 0 Å². The summed E-state index contributed by atoms with van der Waals surface area (Å²) in [6.07, 6.45) is 1.84. The first kappa shape index (κ1) is 15.7. The third-order valence-electron chi connectivity index (χ3n) is 3.46. The van der Waals surface area contributed by atoms with Crippen LogP contribution in [0.25, 0.3) is 11.1 Å². The van der Waals surface area contributed by atoms with Gasteiger partial charge in [0.25, 0.3) is 0 Å². The molecule has 1 heterocycles. The number of anilines is 1. The third kappa shape index (κ3) is 3.28. The molecule has 6 heteroatoms. The summed E-state index contributed by atoms with van der Waals surface area (Å²) in [4.78, 5) is 8.23. The lowest BCUT2D eigenvalue weighted by atomic mass is 10.0. The Labute approximate surface area is 142 Å². The maximum Gasteiger partial charge on any atom is 0.220 e. The van der Waals surface area contributed by atoms with Crippen molar-refractivity contribution in [3.8, 4) is 11.1 Å². The highest BCUT2D eigenvalue weighted by Gasteiger charge is 2.15. The zero-order chi connectivity index (χ0) is 16.4. The van der Waals surface area contributed by atoms with Crippen LogP contribution >= 0.6 is 23.2 Å². The molecule has 2 aromatic carbocycles. The maximum atomic E-state index is 14.1. The van der Waals surface area contributed by atoms with Crippen molar-refractivity contribution >= 4 is 29.2 Å². The summed E-state index contributed by atoms with van der Waals surface area (Å²) in [6, 6.07) is 11.7. The van der Waals surface area contributed by atoms with Crippen molar-refractivity contribution in [3.05, 3.63) is 75.8 Å². The van der Waals surface area contributed by atoms with E-state index in [1.165, 1.54) is 12.3 Å². The van der Waals surface area contributed by atoms with Crippen LogP contribution in [0.4, 0.5) is 10.3 Å². The predicted molar refractivity (Wildman–Crippen MR) is 91.1 cm³/mol. The van der Waals surface area contributed by atoms with Crippen molar-refractivity contribution in [1.29, 1.82) is 0 Å². The SMILES string of the molecule is Nc1ncc(-c2ccccc2F)c(Cc2c(Cl)cccc2Cl)n1. The van der Waals surface area contributed by atoms with E-state index in [0.29, 0.717) is 38.9 Å². The van der Waals surface area contributed by atoms with Crippen molar-refractivity contribution in [2.24, 2.45) is 0 Å². The molecule has 0 unspecified atom stereocenters. The van der Waals surface area contributed by atoms with E-state index in [1.807, 2.05) is 0 Å². The van der Waals surface area contributed by atoms with Gasteiger partial charge in [0.05, 0.1) is 5.69 Å². The van der Waals surface area contributed by atoms with Crippen LogP contribution in [0, 0.1) is 5.82 Å². The lowest BCUT2D eigenvalue weighted by Crippen LogP contribution is -2.04. The molecule has 3 rings (SSSR count). The number of rotatable bonds is 3. The van der Waals surface area contributed by atoms with Gasteiger partial charge in [-0.3, -0.25) is 0 Å². The van der Waals surface area contributed by atoms with E-state index in [2.05, 4.69) is 9.97 Å². The molecule has 1 aromatic heterocycles.